The van der Waals surface area contributed by atoms with Crippen LogP contribution >= 0.6 is 0 Å². The highest BCUT2D eigenvalue weighted by atomic mass is 16.3. The third kappa shape index (κ3) is 59.9. The van der Waals surface area contributed by atoms with Gasteiger partial charge in [0.2, 0.25) is 0 Å². The summed E-state index contributed by atoms with van der Waals surface area (Å²) >= 11 is 0. The van der Waals surface area contributed by atoms with Crippen molar-refractivity contribution < 1.29 is 10.2 Å². The Morgan fingerprint density at radius 3 is 0.177 bits per heavy atom. The van der Waals surface area contributed by atoms with Crippen LogP contribution in [0.1, 0.15) is 372 Å². The predicted octanol–water partition coefficient (Wildman–Crippen LogP) is 21.6. The fourth-order valence-corrected chi connectivity index (χ4v) is 10.1. The minimum absolute atomic E-state index is 0.374. The molecular weight excluding hydrogens is 753 g/mol. The van der Waals surface area contributed by atoms with Crippen LogP contribution in [0.2, 0.25) is 0 Å². The van der Waals surface area contributed by atoms with Crippen LogP contribution in [0.4, 0.5) is 0 Å². The van der Waals surface area contributed by atoms with E-state index in [-0.39, 0.29) is 0 Å². The minimum atomic E-state index is 0.374. The van der Waals surface area contributed by atoms with Gasteiger partial charge < -0.3 is 10.2 Å². The lowest BCUT2D eigenvalue weighted by Gasteiger charge is -2.05. The molecule has 0 unspecified atom stereocenters. The summed E-state index contributed by atoms with van der Waals surface area (Å²) in [6.07, 6.45) is 83.6. The van der Waals surface area contributed by atoms with Gasteiger partial charge in [-0.15, -0.1) is 0 Å². The molecular formula is C60H122O2. The van der Waals surface area contributed by atoms with Gasteiger partial charge in [-0.2, -0.15) is 0 Å². The molecule has 0 spiro atoms. The van der Waals surface area contributed by atoms with E-state index in [0.717, 1.165) is 12.8 Å². The van der Waals surface area contributed by atoms with E-state index in [9.17, 15) is 0 Å². The molecule has 0 saturated heterocycles. The van der Waals surface area contributed by atoms with Gasteiger partial charge in [-0.1, -0.05) is 360 Å². The second kappa shape index (κ2) is 60.9. The molecule has 2 nitrogen and oxygen atoms in total. The van der Waals surface area contributed by atoms with E-state index in [0.29, 0.717) is 13.2 Å². The second-order valence-corrected chi connectivity index (χ2v) is 21.0. The maximum atomic E-state index is 8.83. The van der Waals surface area contributed by atoms with E-state index in [1.54, 1.807) is 0 Å². The van der Waals surface area contributed by atoms with Crippen LogP contribution in [0.25, 0.3) is 0 Å². The predicted molar refractivity (Wildman–Crippen MR) is 282 cm³/mol. The van der Waals surface area contributed by atoms with Gasteiger partial charge in [0.1, 0.15) is 0 Å². The van der Waals surface area contributed by atoms with Crippen molar-refractivity contribution >= 4 is 0 Å². The quantitative estimate of drug-likeness (QED) is 0.0598. The number of hydrogen-bond donors (Lipinski definition) is 2. The van der Waals surface area contributed by atoms with Crippen LogP contribution in [-0.2, 0) is 0 Å². The molecule has 0 rings (SSSR count). The minimum Gasteiger partial charge on any atom is -0.396 e. The first kappa shape index (κ1) is 61.9. The largest absolute Gasteiger partial charge is 0.396 e. The van der Waals surface area contributed by atoms with Gasteiger partial charge in [-0.25, -0.2) is 0 Å². The van der Waals surface area contributed by atoms with Crippen molar-refractivity contribution in [2.75, 3.05) is 13.2 Å². The lowest BCUT2D eigenvalue weighted by Crippen LogP contribution is -1.85. The molecule has 0 radical (unpaired) electrons. The van der Waals surface area contributed by atoms with Crippen molar-refractivity contribution in [2.24, 2.45) is 0 Å². The van der Waals surface area contributed by atoms with E-state index >= 15 is 0 Å². The van der Waals surface area contributed by atoms with Crippen LogP contribution in [0.15, 0.2) is 0 Å². The first-order valence-electron chi connectivity index (χ1n) is 30.1. The highest BCUT2D eigenvalue weighted by Crippen LogP contribution is 2.19. The topological polar surface area (TPSA) is 40.5 Å². The summed E-state index contributed by atoms with van der Waals surface area (Å²) in [6.45, 7) is 0.748. The molecule has 0 aliphatic rings. The Bertz CT molecular complexity index is 662. The van der Waals surface area contributed by atoms with E-state index in [1.807, 2.05) is 0 Å². The molecule has 0 amide bonds. The van der Waals surface area contributed by atoms with Crippen LogP contribution < -0.4 is 0 Å². The maximum Gasteiger partial charge on any atom is 0.0431 e. The molecule has 2 heteroatoms. The zero-order valence-corrected chi connectivity index (χ0v) is 43.3. The molecule has 0 aliphatic heterocycles. The molecule has 0 bridgehead atoms. The lowest BCUT2D eigenvalue weighted by atomic mass is 10.0. The monoisotopic (exact) mass is 875 g/mol. The maximum absolute atomic E-state index is 8.83. The Hall–Kier alpha value is -0.0800. The normalized spacial score (nSPS) is 11.7. The van der Waals surface area contributed by atoms with Crippen LogP contribution in [-0.4, -0.2) is 23.4 Å². The summed E-state index contributed by atoms with van der Waals surface area (Å²) in [7, 11) is 0. The summed E-state index contributed by atoms with van der Waals surface area (Å²) in [5.41, 5.74) is 0. The Labute approximate surface area is 394 Å². The van der Waals surface area contributed by atoms with Gasteiger partial charge in [0.25, 0.3) is 0 Å². The molecule has 0 heterocycles. The second-order valence-electron chi connectivity index (χ2n) is 21.0. The zero-order valence-electron chi connectivity index (χ0n) is 43.3. The van der Waals surface area contributed by atoms with Crippen LogP contribution in [0, 0.1) is 0 Å². The first-order valence-corrected chi connectivity index (χ1v) is 30.1. The number of hydrogen-bond acceptors (Lipinski definition) is 2. The average molecular weight is 876 g/mol. The van der Waals surface area contributed by atoms with Gasteiger partial charge in [0.15, 0.2) is 0 Å². The third-order valence-corrected chi connectivity index (χ3v) is 14.6. The van der Waals surface area contributed by atoms with Gasteiger partial charge >= 0.3 is 0 Å². The Morgan fingerprint density at radius 1 is 0.0806 bits per heavy atom. The summed E-state index contributed by atoms with van der Waals surface area (Å²) in [4.78, 5) is 0. The molecule has 0 aromatic heterocycles. The average Bonchev–Trinajstić information content (AvgIpc) is 3.28. The van der Waals surface area contributed by atoms with E-state index in [1.165, 1.54) is 360 Å². The summed E-state index contributed by atoms with van der Waals surface area (Å²) in [5, 5.41) is 17.7. The molecule has 0 saturated carbocycles. The summed E-state index contributed by atoms with van der Waals surface area (Å²) in [5.74, 6) is 0. The molecule has 0 fully saturated rings. The van der Waals surface area contributed by atoms with Crippen LogP contribution in [0.5, 0.6) is 0 Å². The van der Waals surface area contributed by atoms with Crippen molar-refractivity contribution in [2.45, 2.75) is 372 Å². The van der Waals surface area contributed by atoms with Crippen molar-refractivity contribution in [3.63, 3.8) is 0 Å². The fourth-order valence-electron chi connectivity index (χ4n) is 10.1. The Morgan fingerprint density at radius 2 is 0.129 bits per heavy atom. The number of aliphatic hydroxyl groups excluding tert-OH is 2. The number of aliphatic hydroxyl groups is 2. The smallest absolute Gasteiger partial charge is 0.0431 e. The molecule has 0 aromatic rings. The highest BCUT2D eigenvalue weighted by Gasteiger charge is 2.00. The molecule has 0 atom stereocenters. The standard InChI is InChI=1S/C60H122O2/c61-59-57-55-53-51-49-47-45-43-41-39-37-35-33-31-29-27-25-23-21-19-17-15-13-11-9-7-5-3-1-2-4-6-8-10-12-14-16-18-20-22-24-26-28-30-32-34-36-38-40-42-44-46-48-50-52-54-56-58-60-62/h61-62H,1-60H2. The Balaban J connectivity index is 3.06. The Kier molecular flexibility index (Phi) is 60.8. The van der Waals surface area contributed by atoms with E-state index < -0.39 is 0 Å². The van der Waals surface area contributed by atoms with E-state index in [4.69, 9.17) is 10.2 Å². The van der Waals surface area contributed by atoms with Gasteiger partial charge in [0, 0.05) is 13.2 Å². The lowest BCUT2D eigenvalue weighted by molar-refractivity contribution is 0.282. The molecule has 0 aliphatic carbocycles. The van der Waals surface area contributed by atoms with Crippen molar-refractivity contribution in [3.8, 4) is 0 Å². The summed E-state index contributed by atoms with van der Waals surface area (Å²) < 4.78 is 0. The van der Waals surface area contributed by atoms with E-state index in [2.05, 4.69) is 0 Å². The fraction of sp³-hybridized carbons (Fsp3) is 1.00. The van der Waals surface area contributed by atoms with Crippen molar-refractivity contribution in [1.29, 1.82) is 0 Å². The highest BCUT2D eigenvalue weighted by molar-refractivity contribution is 4.55. The first-order chi connectivity index (χ1) is 30.9. The van der Waals surface area contributed by atoms with Gasteiger partial charge in [-0.3, -0.25) is 0 Å². The van der Waals surface area contributed by atoms with Gasteiger partial charge in [-0.05, 0) is 12.8 Å². The van der Waals surface area contributed by atoms with Crippen molar-refractivity contribution in [3.05, 3.63) is 0 Å². The number of rotatable bonds is 59. The molecule has 2 N–H and O–H groups in total. The van der Waals surface area contributed by atoms with Gasteiger partial charge in [0.05, 0.1) is 0 Å². The van der Waals surface area contributed by atoms with Crippen molar-refractivity contribution in [1.82, 2.24) is 0 Å². The van der Waals surface area contributed by atoms with Crippen LogP contribution in [0.3, 0.4) is 0 Å². The SMILES string of the molecule is OCCCCCCCCCCCCCCCCCCCCCCCCCCCCCCCCCCCCCCCCCCCCCCCCCCCCCCCCCCCCO. The third-order valence-electron chi connectivity index (χ3n) is 14.6. The molecule has 62 heavy (non-hydrogen) atoms. The summed E-state index contributed by atoms with van der Waals surface area (Å²) in [6, 6.07) is 0. The number of unbranched alkanes of at least 4 members (excludes halogenated alkanes) is 57. The molecule has 0 aromatic carbocycles. The zero-order chi connectivity index (χ0) is 44.4. The molecule has 374 valence electrons.